The number of aryl methyl sites for hydroxylation is 2. The Morgan fingerprint density at radius 1 is 0.986 bits per heavy atom. The van der Waals surface area contributed by atoms with E-state index in [4.69, 9.17) is 19.1 Å². The number of rotatable bonds is 7. The van der Waals surface area contributed by atoms with E-state index in [2.05, 4.69) is 54.2 Å². The van der Waals surface area contributed by atoms with E-state index in [0.717, 1.165) is 29.3 Å². The number of aromatic nitrogens is 7. The van der Waals surface area contributed by atoms with Crippen LogP contribution in [-0.2, 0) is 16.7 Å². The molecule has 2 saturated heterocycles. The van der Waals surface area contributed by atoms with Gasteiger partial charge in [0.05, 0.1) is 52.7 Å². The van der Waals surface area contributed by atoms with Crippen LogP contribution in [0.15, 0.2) is 58.0 Å². The van der Waals surface area contributed by atoms with Gasteiger partial charge in [0.15, 0.2) is 11.6 Å². The van der Waals surface area contributed by atoms with E-state index in [1.807, 2.05) is 36.3 Å². The molecule has 18 heteroatoms. The average Bonchev–Trinajstić information content (AvgIpc) is 3.95. The smallest absolute Gasteiger partial charge is 0.438 e. The lowest BCUT2D eigenvalue weighted by molar-refractivity contribution is -0.0592. The Morgan fingerprint density at radius 3 is 2.45 bits per heavy atom. The third-order valence-electron chi connectivity index (χ3n) is 15.5. The fourth-order valence-electron chi connectivity index (χ4n) is 12.0. The number of nitrogens with zero attached hydrogens (tertiary/aromatic N) is 9. The largest absolute Gasteiger partial charge is 0.489 e. The molecule has 0 bridgehead atoms. The Balaban J connectivity index is 0.981. The summed E-state index contributed by atoms with van der Waals surface area (Å²) >= 11 is 0. The molecular weight excluding hydrogens is 887 g/mol. The average molecular weight is 941 g/mol. The maximum absolute atomic E-state index is 16.8. The van der Waals surface area contributed by atoms with Crippen LogP contribution in [0.5, 0.6) is 5.75 Å². The predicted molar refractivity (Wildman–Crippen MR) is 253 cm³/mol. The number of hydrogen-bond acceptors (Lipinski definition) is 9. The molecule has 5 aliphatic rings. The first-order valence-corrected chi connectivity index (χ1v) is 23.9. The molecule has 3 amide bonds. The molecule has 7 aromatic rings. The van der Waals surface area contributed by atoms with Crippen LogP contribution < -0.4 is 20.3 Å². The molecule has 16 nitrogen and oxygen atoms in total. The van der Waals surface area contributed by atoms with Crippen molar-refractivity contribution in [2.75, 3.05) is 36.1 Å². The van der Waals surface area contributed by atoms with Gasteiger partial charge in [0.1, 0.15) is 40.9 Å². The van der Waals surface area contributed by atoms with Crippen LogP contribution in [0.1, 0.15) is 123 Å². The summed E-state index contributed by atoms with van der Waals surface area (Å²) < 4.78 is 54.9. The Morgan fingerprint density at radius 2 is 1.75 bits per heavy atom. The SMILES string of the molecule is Cc1cc(-n2nc3c(c2N2C[C@@H]4COc5cc6c(cnn6C(C)C)c(F)c5N4C2=O)[C@H](C)N(C(=O)c2cc4cc([C@H]5CCOC(C)(C)C5)ccc4n2[C@@]2(c4noc(=O)[nH]4)C[C@@H]2C)CC3)cc(C)c1F. The van der Waals surface area contributed by atoms with Gasteiger partial charge in [-0.05, 0) is 127 Å². The maximum Gasteiger partial charge on any atom is 0.438 e. The van der Waals surface area contributed by atoms with Crippen molar-refractivity contribution in [1.82, 2.24) is 39.2 Å². The molecule has 1 N–H and O–H groups in total. The monoisotopic (exact) mass is 940 g/mol. The third-order valence-corrected chi connectivity index (χ3v) is 15.5. The first-order chi connectivity index (χ1) is 33.0. The van der Waals surface area contributed by atoms with Crippen LogP contribution in [0.25, 0.3) is 27.5 Å². The topological polar surface area (TPSA) is 162 Å². The van der Waals surface area contributed by atoms with Gasteiger partial charge >= 0.3 is 11.8 Å². The van der Waals surface area contributed by atoms with E-state index in [1.54, 1.807) is 46.3 Å². The number of halogens is 2. The number of amides is 3. The van der Waals surface area contributed by atoms with E-state index in [1.165, 1.54) is 11.1 Å². The van der Waals surface area contributed by atoms with Crippen molar-refractivity contribution in [3.8, 4) is 11.4 Å². The molecular formula is C51H54F2N10O6. The van der Waals surface area contributed by atoms with E-state index < -0.39 is 35.2 Å². The summed E-state index contributed by atoms with van der Waals surface area (Å²) in [7, 11) is 0. The Labute approximate surface area is 395 Å². The first kappa shape index (κ1) is 43.5. The number of H-pyrrole nitrogens is 1. The maximum atomic E-state index is 16.8. The molecule has 5 atom stereocenters. The highest BCUT2D eigenvalue weighted by Gasteiger charge is 2.59. The fourth-order valence-corrected chi connectivity index (χ4v) is 12.0. The van der Waals surface area contributed by atoms with Gasteiger partial charge in [-0.25, -0.2) is 23.1 Å². The van der Waals surface area contributed by atoms with Crippen LogP contribution in [0.2, 0.25) is 0 Å². The van der Waals surface area contributed by atoms with Crippen molar-refractivity contribution >= 4 is 45.2 Å². The van der Waals surface area contributed by atoms with Crippen molar-refractivity contribution in [2.45, 2.75) is 116 Å². The number of fused-ring (bicyclic) bond motifs is 6. The molecule has 0 spiro atoms. The minimum Gasteiger partial charge on any atom is -0.489 e. The zero-order chi connectivity index (χ0) is 48.2. The van der Waals surface area contributed by atoms with Crippen molar-refractivity contribution in [2.24, 2.45) is 5.92 Å². The lowest BCUT2D eigenvalue weighted by Crippen LogP contribution is -2.42. The van der Waals surface area contributed by atoms with E-state index >= 15 is 18.4 Å². The minimum absolute atomic E-state index is 0.00430. The van der Waals surface area contributed by atoms with Gasteiger partial charge in [-0.1, -0.05) is 18.1 Å². The summed E-state index contributed by atoms with van der Waals surface area (Å²) in [6, 6.07) is 11.7. The number of carbonyl (C=O) groups is 2. The van der Waals surface area contributed by atoms with Crippen LogP contribution in [0.4, 0.5) is 25.1 Å². The van der Waals surface area contributed by atoms with Crippen molar-refractivity contribution in [1.29, 1.82) is 0 Å². The number of hydrogen-bond donors (Lipinski definition) is 1. The zero-order valence-corrected chi connectivity index (χ0v) is 39.9. The van der Waals surface area contributed by atoms with Gasteiger partial charge < -0.3 is 18.9 Å². The highest BCUT2D eigenvalue weighted by Crippen LogP contribution is 2.56. The first-order valence-electron chi connectivity index (χ1n) is 23.9. The normalized spacial score (nSPS) is 24.0. The number of urea groups is 1. The molecule has 3 aromatic carbocycles. The summed E-state index contributed by atoms with van der Waals surface area (Å²) in [6.07, 6.45) is 4.17. The highest BCUT2D eigenvalue weighted by molar-refractivity contribution is 6.10. The molecule has 4 aromatic heterocycles. The summed E-state index contributed by atoms with van der Waals surface area (Å²) in [4.78, 5) is 51.1. The van der Waals surface area contributed by atoms with Gasteiger partial charge in [-0.2, -0.15) is 10.2 Å². The van der Waals surface area contributed by atoms with Crippen LogP contribution in [0.3, 0.4) is 0 Å². The summed E-state index contributed by atoms with van der Waals surface area (Å²) in [5, 5.41) is 14.9. The lowest BCUT2D eigenvalue weighted by Gasteiger charge is -2.35. The van der Waals surface area contributed by atoms with Gasteiger partial charge in [-0.15, -0.1) is 0 Å². The minimum atomic E-state index is -0.862. The number of carbonyl (C=O) groups excluding carboxylic acids is 2. The second-order valence-electron chi connectivity index (χ2n) is 20.7. The van der Waals surface area contributed by atoms with Crippen LogP contribution in [0, 0.1) is 31.4 Å². The molecule has 3 fully saturated rings. The molecule has 12 rings (SSSR count). The second-order valence-corrected chi connectivity index (χ2v) is 20.7. The Hall–Kier alpha value is -6.82. The van der Waals surface area contributed by atoms with E-state index in [9.17, 15) is 4.79 Å². The van der Waals surface area contributed by atoms with Crippen molar-refractivity contribution in [3.63, 3.8) is 0 Å². The molecule has 1 aliphatic carbocycles. The molecule has 4 aliphatic heterocycles. The summed E-state index contributed by atoms with van der Waals surface area (Å²) in [6.45, 7) is 16.7. The molecule has 0 unspecified atom stereocenters. The number of nitrogens with one attached hydrogen (secondary N) is 1. The molecule has 1 saturated carbocycles. The molecule has 8 heterocycles. The summed E-state index contributed by atoms with van der Waals surface area (Å²) in [5.41, 5.74) is 4.57. The highest BCUT2D eigenvalue weighted by atomic mass is 19.1. The number of benzene rings is 3. The molecule has 358 valence electrons. The number of ether oxygens (including phenoxy) is 2. The summed E-state index contributed by atoms with van der Waals surface area (Å²) in [5.74, 6) is -0.605. The van der Waals surface area contributed by atoms with Gasteiger partial charge in [0.25, 0.3) is 5.91 Å². The fraction of sp³-hybridized carbons (Fsp3) is 0.451. The van der Waals surface area contributed by atoms with Crippen molar-refractivity contribution < 1.29 is 32.4 Å². The van der Waals surface area contributed by atoms with Crippen LogP contribution >= 0.6 is 0 Å². The number of aromatic amines is 1. The second kappa shape index (κ2) is 15.1. The van der Waals surface area contributed by atoms with Crippen LogP contribution in [-0.4, -0.2) is 89.1 Å². The number of anilines is 2. The van der Waals surface area contributed by atoms with Gasteiger partial charge in [-0.3, -0.25) is 28.8 Å². The Kier molecular flexibility index (Phi) is 9.50. The predicted octanol–water partition coefficient (Wildman–Crippen LogP) is 8.75. The van der Waals surface area contributed by atoms with Gasteiger partial charge in [0, 0.05) is 48.1 Å². The Bertz CT molecular complexity index is 3360. The standard InChI is InChI=1S/C51H54F2N10O6/c1-25(2)62-38-19-40-44(43(53)35(38)22-54-62)60-34(24-67-40)23-59(49(60)66)45-41-29(6)58(13-11-36(41)56-63(45)33-15-26(3)42(52)27(4)16-33)46(64)39-18-32-17-30(31-12-14-68-50(7,8)21-31)9-10-37(32)61(39)51(20-28(51)5)47-55-48(65)69-57-47/h9-10,15-19,22,25,28-29,31,34H,11-14,20-21,23-24H2,1-8H3,(H,55,57,65)/t28-,29-,31-,34+,51-/m0/s1. The zero-order valence-electron chi connectivity index (χ0n) is 39.9. The van der Waals surface area contributed by atoms with E-state index in [0.29, 0.717) is 76.9 Å². The lowest BCUT2D eigenvalue weighted by atomic mass is 9.83. The van der Waals surface area contributed by atoms with E-state index in [-0.39, 0.29) is 65.2 Å². The molecule has 0 radical (unpaired) electrons. The third kappa shape index (κ3) is 6.39. The molecule has 69 heavy (non-hydrogen) atoms. The van der Waals surface area contributed by atoms with Gasteiger partial charge in [0.2, 0.25) is 0 Å². The quantitative estimate of drug-likeness (QED) is 0.165. The van der Waals surface area contributed by atoms with Crippen molar-refractivity contribution in [3.05, 3.63) is 110 Å².